The highest BCUT2D eigenvalue weighted by Gasteiger charge is 2.27. The number of aliphatic hydroxyl groups is 1. The number of hydrogen-bond acceptors (Lipinski definition) is 2. The zero-order chi connectivity index (χ0) is 9.14. The largest absolute Gasteiger partial charge is 0.390 e. The molecule has 0 saturated carbocycles. The molecule has 2 nitrogen and oxygen atoms in total. The Balaban J connectivity index is 2.34. The SMILES string of the molecule is CC(O)C(F)C1CCN(C)CC1. The third kappa shape index (κ3) is 2.42. The van der Waals surface area contributed by atoms with Crippen molar-refractivity contribution in [2.75, 3.05) is 20.1 Å². The van der Waals surface area contributed by atoms with Crippen molar-refractivity contribution < 1.29 is 9.50 Å². The van der Waals surface area contributed by atoms with Crippen LogP contribution in [0.4, 0.5) is 4.39 Å². The molecule has 0 aromatic rings. The normalized spacial score (nSPS) is 27.0. The molecule has 2 unspecified atom stereocenters. The molecule has 72 valence electrons. The summed E-state index contributed by atoms with van der Waals surface area (Å²) in [4.78, 5) is 2.20. The molecule has 0 aromatic heterocycles. The van der Waals surface area contributed by atoms with Crippen LogP contribution in [-0.4, -0.2) is 42.4 Å². The third-order valence-corrected chi connectivity index (χ3v) is 2.67. The molecular weight excluding hydrogens is 157 g/mol. The number of halogens is 1. The van der Waals surface area contributed by atoms with Crippen molar-refractivity contribution >= 4 is 0 Å². The van der Waals surface area contributed by atoms with Crippen LogP contribution in [0.25, 0.3) is 0 Å². The van der Waals surface area contributed by atoms with Crippen molar-refractivity contribution in [2.24, 2.45) is 5.92 Å². The van der Waals surface area contributed by atoms with Gasteiger partial charge in [0.15, 0.2) is 0 Å². The fourth-order valence-electron chi connectivity index (χ4n) is 1.74. The number of nitrogens with zero attached hydrogens (tertiary/aromatic N) is 1. The molecule has 1 aliphatic rings. The predicted molar refractivity (Wildman–Crippen MR) is 46.8 cm³/mol. The Morgan fingerprint density at radius 2 is 1.92 bits per heavy atom. The average Bonchev–Trinajstić information content (AvgIpc) is 2.04. The first kappa shape index (κ1) is 9.93. The Labute approximate surface area is 73.4 Å². The highest BCUT2D eigenvalue weighted by molar-refractivity contribution is 4.79. The Bertz CT molecular complexity index is 132. The Kier molecular flexibility index (Phi) is 3.47. The van der Waals surface area contributed by atoms with E-state index in [4.69, 9.17) is 5.11 Å². The van der Waals surface area contributed by atoms with Crippen molar-refractivity contribution in [1.29, 1.82) is 0 Å². The van der Waals surface area contributed by atoms with Crippen LogP contribution in [0.5, 0.6) is 0 Å². The lowest BCUT2D eigenvalue weighted by atomic mass is 9.90. The second-order valence-electron chi connectivity index (χ2n) is 3.83. The topological polar surface area (TPSA) is 23.5 Å². The van der Waals surface area contributed by atoms with Gasteiger partial charge in [-0.15, -0.1) is 0 Å². The first-order valence-corrected chi connectivity index (χ1v) is 4.62. The van der Waals surface area contributed by atoms with E-state index in [1.807, 2.05) is 7.05 Å². The Hall–Kier alpha value is -0.150. The molecule has 0 bridgehead atoms. The standard InChI is InChI=1S/C9H18FNO/c1-7(12)9(10)8-3-5-11(2)6-4-8/h7-9,12H,3-6H2,1-2H3. The van der Waals surface area contributed by atoms with Crippen LogP contribution in [0, 0.1) is 5.92 Å². The van der Waals surface area contributed by atoms with Gasteiger partial charge in [0.05, 0.1) is 6.10 Å². The summed E-state index contributed by atoms with van der Waals surface area (Å²) in [6.45, 7) is 3.44. The minimum Gasteiger partial charge on any atom is -0.390 e. The molecular formula is C9H18FNO. The summed E-state index contributed by atoms with van der Waals surface area (Å²) in [6.07, 6.45) is -0.0809. The van der Waals surface area contributed by atoms with E-state index >= 15 is 0 Å². The first-order chi connectivity index (χ1) is 5.61. The zero-order valence-electron chi connectivity index (χ0n) is 7.83. The maximum absolute atomic E-state index is 13.3. The molecule has 0 amide bonds. The van der Waals surface area contributed by atoms with Gasteiger partial charge in [-0.25, -0.2) is 4.39 Å². The van der Waals surface area contributed by atoms with Crippen molar-refractivity contribution in [1.82, 2.24) is 4.90 Å². The number of alkyl halides is 1. The van der Waals surface area contributed by atoms with Crippen LogP contribution >= 0.6 is 0 Å². The number of likely N-dealkylation sites (tertiary alicyclic amines) is 1. The van der Waals surface area contributed by atoms with Crippen molar-refractivity contribution in [3.63, 3.8) is 0 Å². The van der Waals surface area contributed by atoms with E-state index in [1.54, 1.807) is 0 Å². The van der Waals surface area contributed by atoms with Crippen LogP contribution in [0.3, 0.4) is 0 Å². The van der Waals surface area contributed by atoms with Crippen LogP contribution < -0.4 is 0 Å². The zero-order valence-corrected chi connectivity index (χ0v) is 7.83. The maximum Gasteiger partial charge on any atom is 0.128 e. The van der Waals surface area contributed by atoms with Gasteiger partial charge in [0, 0.05) is 0 Å². The van der Waals surface area contributed by atoms with Gasteiger partial charge in [-0.1, -0.05) is 0 Å². The molecule has 0 aliphatic carbocycles. The van der Waals surface area contributed by atoms with Gasteiger partial charge in [-0.05, 0) is 45.8 Å². The summed E-state index contributed by atoms with van der Waals surface area (Å²) in [5.74, 6) is 0.0706. The van der Waals surface area contributed by atoms with E-state index in [9.17, 15) is 4.39 Å². The third-order valence-electron chi connectivity index (χ3n) is 2.67. The molecule has 1 heterocycles. The molecule has 1 rings (SSSR count). The molecule has 0 spiro atoms. The fraction of sp³-hybridized carbons (Fsp3) is 1.00. The summed E-state index contributed by atoms with van der Waals surface area (Å²) >= 11 is 0. The number of hydrogen-bond donors (Lipinski definition) is 1. The van der Waals surface area contributed by atoms with E-state index in [0.29, 0.717) is 0 Å². The second-order valence-corrected chi connectivity index (χ2v) is 3.83. The lowest BCUT2D eigenvalue weighted by Crippen LogP contribution is -2.37. The van der Waals surface area contributed by atoms with Gasteiger partial charge in [-0.2, -0.15) is 0 Å². The summed E-state index contributed by atoms with van der Waals surface area (Å²) < 4.78 is 13.3. The molecule has 0 aromatic carbocycles. The van der Waals surface area contributed by atoms with Crippen molar-refractivity contribution in [2.45, 2.75) is 32.0 Å². The van der Waals surface area contributed by atoms with Crippen LogP contribution in [-0.2, 0) is 0 Å². The second kappa shape index (κ2) is 4.19. The first-order valence-electron chi connectivity index (χ1n) is 4.62. The van der Waals surface area contributed by atoms with Gasteiger partial charge in [-0.3, -0.25) is 0 Å². The summed E-state index contributed by atoms with van der Waals surface area (Å²) in [5, 5.41) is 9.05. The Morgan fingerprint density at radius 3 is 2.33 bits per heavy atom. The van der Waals surface area contributed by atoms with Crippen LogP contribution in [0.2, 0.25) is 0 Å². The highest BCUT2D eigenvalue weighted by atomic mass is 19.1. The molecule has 1 aliphatic heterocycles. The molecule has 1 fully saturated rings. The van der Waals surface area contributed by atoms with E-state index in [-0.39, 0.29) is 5.92 Å². The van der Waals surface area contributed by atoms with Gasteiger partial charge in [0.2, 0.25) is 0 Å². The van der Waals surface area contributed by atoms with Crippen LogP contribution in [0.15, 0.2) is 0 Å². The van der Waals surface area contributed by atoms with Gasteiger partial charge < -0.3 is 10.0 Å². The minimum absolute atomic E-state index is 0.0706. The van der Waals surface area contributed by atoms with E-state index in [2.05, 4.69) is 4.90 Å². The fourth-order valence-corrected chi connectivity index (χ4v) is 1.74. The van der Waals surface area contributed by atoms with Gasteiger partial charge >= 0.3 is 0 Å². The van der Waals surface area contributed by atoms with Crippen molar-refractivity contribution in [3.05, 3.63) is 0 Å². The number of piperidine rings is 1. The van der Waals surface area contributed by atoms with Crippen molar-refractivity contribution in [3.8, 4) is 0 Å². The quantitative estimate of drug-likeness (QED) is 0.678. The molecule has 1 saturated heterocycles. The highest BCUT2D eigenvalue weighted by Crippen LogP contribution is 2.23. The van der Waals surface area contributed by atoms with E-state index in [1.165, 1.54) is 6.92 Å². The number of aliphatic hydroxyl groups excluding tert-OH is 1. The summed E-state index contributed by atoms with van der Waals surface area (Å²) in [5.41, 5.74) is 0. The molecule has 2 atom stereocenters. The molecule has 3 heteroatoms. The number of rotatable bonds is 2. The lowest BCUT2D eigenvalue weighted by molar-refractivity contribution is 0.0317. The monoisotopic (exact) mass is 175 g/mol. The summed E-state index contributed by atoms with van der Waals surface area (Å²) in [6, 6.07) is 0. The molecule has 0 radical (unpaired) electrons. The molecule has 12 heavy (non-hydrogen) atoms. The lowest BCUT2D eigenvalue weighted by Gasteiger charge is -2.31. The molecule has 1 N–H and O–H groups in total. The Morgan fingerprint density at radius 1 is 1.42 bits per heavy atom. The van der Waals surface area contributed by atoms with E-state index in [0.717, 1.165) is 25.9 Å². The predicted octanol–water partition coefficient (Wildman–Crippen LogP) is 1.05. The van der Waals surface area contributed by atoms with Gasteiger partial charge in [0.25, 0.3) is 0 Å². The average molecular weight is 175 g/mol. The smallest absolute Gasteiger partial charge is 0.128 e. The minimum atomic E-state index is -1.03. The van der Waals surface area contributed by atoms with Gasteiger partial charge in [0.1, 0.15) is 6.17 Å². The van der Waals surface area contributed by atoms with E-state index < -0.39 is 12.3 Å². The summed E-state index contributed by atoms with van der Waals surface area (Å²) in [7, 11) is 2.05. The van der Waals surface area contributed by atoms with Crippen LogP contribution in [0.1, 0.15) is 19.8 Å². The maximum atomic E-state index is 13.3.